The summed E-state index contributed by atoms with van der Waals surface area (Å²) in [4.78, 5) is 0. The molecule has 0 aliphatic rings. The molecule has 0 heterocycles. The lowest BCUT2D eigenvalue weighted by Gasteiger charge is -2.10. The number of phenolic OH excluding ortho intramolecular Hbond substituents is 1. The maximum absolute atomic E-state index is 13.0. The predicted molar refractivity (Wildman–Crippen MR) is 50.2 cm³/mol. The summed E-state index contributed by atoms with van der Waals surface area (Å²) in [5, 5.41) is 17.8. The zero-order valence-electron chi connectivity index (χ0n) is 7.17. The molecule has 0 aliphatic carbocycles. The SMILES string of the molecule is N#CCC(N)c1cc(Cl)cc(F)c1O. The van der Waals surface area contributed by atoms with Gasteiger partial charge in [0.15, 0.2) is 11.6 Å². The number of phenols is 1. The summed E-state index contributed by atoms with van der Waals surface area (Å²) >= 11 is 5.58. The molecule has 1 rings (SSSR count). The van der Waals surface area contributed by atoms with E-state index >= 15 is 0 Å². The van der Waals surface area contributed by atoms with E-state index in [0.717, 1.165) is 6.07 Å². The van der Waals surface area contributed by atoms with Crippen molar-refractivity contribution in [3.8, 4) is 11.8 Å². The van der Waals surface area contributed by atoms with Gasteiger partial charge < -0.3 is 10.8 Å². The number of nitriles is 1. The Kier molecular flexibility index (Phi) is 3.28. The molecule has 0 radical (unpaired) electrons. The van der Waals surface area contributed by atoms with Crippen LogP contribution in [0.3, 0.4) is 0 Å². The minimum Gasteiger partial charge on any atom is -0.505 e. The number of nitrogens with zero attached hydrogens (tertiary/aromatic N) is 1. The van der Waals surface area contributed by atoms with E-state index in [1.165, 1.54) is 6.07 Å². The Balaban J connectivity index is 3.14. The van der Waals surface area contributed by atoms with Gasteiger partial charge in [-0.1, -0.05) is 11.6 Å². The van der Waals surface area contributed by atoms with Crippen molar-refractivity contribution in [3.05, 3.63) is 28.5 Å². The molecule has 1 aromatic rings. The van der Waals surface area contributed by atoms with Crippen LogP contribution in [0.4, 0.5) is 4.39 Å². The van der Waals surface area contributed by atoms with E-state index in [1.54, 1.807) is 0 Å². The fourth-order valence-electron chi connectivity index (χ4n) is 1.08. The summed E-state index contributed by atoms with van der Waals surface area (Å²) in [5.41, 5.74) is 5.69. The van der Waals surface area contributed by atoms with Crippen molar-refractivity contribution in [3.63, 3.8) is 0 Å². The van der Waals surface area contributed by atoms with Crippen LogP contribution in [0.2, 0.25) is 5.02 Å². The number of hydrogen-bond donors (Lipinski definition) is 2. The van der Waals surface area contributed by atoms with Crippen LogP contribution < -0.4 is 5.73 Å². The summed E-state index contributed by atoms with van der Waals surface area (Å²) in [6.07, 6.45) is -0.00660. The highest BCUT2D eigenvalue weighted by atomic mass is 35.5. The fraction of sp³-hybridized carbons (Fsp3) is 0.222. The molecule has 0 spiro atoms. The smallest absolute Gasteiger partial charge is 0.166 e. The van der Waals surface area contributed by atoms with Crippen molar-refractivity contribution in [2.75, 3.05) is 0 Å². The van der Waals surface area contributed by atoms with Gasteiger partial charge in [0.1, 0.15) is 0 Å². The first-order chi connectivity index (χ1) is 6.56. The van der Waals surface area contributed by atoms with Crippen LogP contribution in [0.1, 0.15) is 18.0 Å². The Morgan fingerprint density at radius 2 is 2.29 bits per heavy atom. The van der Waals surface area contributed by atoms with E-state index in [1.807, 2.05) is 6.07 Å². The molecule has 14 heavy (non-hydrogen) atoms. The Morgan fingerprint density at radius 1 is 1.64 bits per heavy atom. The summed E-state index contributed by atoms with van der Waals surface area (Å²) in [6.45, 7) is 0. The minimum absolute atomic E-state index is 0.00660. The molecule has 3 N–H and O–H groups in total. The number of halogens is 2. The Labute approximate surface area is 85.5 Å². The van der Waals surface area contributed by atoms with Gasteiger partial charge in [-0.3, -0.25) is 0 Å². The van der Waals surface area contributed by atoms with Gasteiger partial charge in [0.05, 0.1) is 12.5 Å². The summed E-state index contributed by atoms with van der Waals surface area (Å²) in [7, 11) is 0. The zero-order chi connectivity index (χ0) is 10.7. The van der Waals surface area contributed by atoms with Crippen LogP contribution in [0, 0.1) is 17.1 Å². The van der Waals surface area contributed by atoms with Crippen LogP contribution in [0.15, 0.2) is 12.1 Å². The van der Waals surface area contributed by atoms with Crippen molar-refractivity contribution < 1.29 is 9.50 Å². The third-order valence-corrected chi connectivity index (χ3v) is 1.99. The highest BCUT2D eigenvalue weighted by Crippen LogP contribution is 2.30. The van der Waals surface area contributed by atoms with Gasteiger partial charge in [-0.15, -0.1) is 0 Å². The topological polar surface area (TPSA) is 70.0 Å². The van der Waals surface area contributed by atoms with Gasteiger partial charge in [0, 0.05) is 16.6 Å². The molecule has 74 valence electrons. The quantitative estimate of drug-likeness (QED) is 0.792. The normalized spacial score (nSPS) is 12.1. The van der Waals surface area contributed by atoms with Gasteiger partial charge >= 0.3 is 0 Å². The number of aromatic hydroxyl groups is 1. The van der Waals surface area contributed by atoms with Crippen LogP contribution >= 0.6 is 11.6 Å². The van der Waals surface area contributed by atoms with Crippen LogP contribution in [-0.2, 0) is 0 Å². The Morgan fingerprint density at radius 3 is 2.86 bits per heavy atom. The van der Waals surface area contributed by atoms with Crippen LogP contribution in [-0.4, -0.2) is 5.11 Å². The molecule has 1 unspecified atom stereocenters. The fourth-order valence-corrected chi connectivity index (χ4v) is 1.29. The highest BCUT2D eigenvalue weighted by Gasteiger charge is 2.15. The monoisotopic (exact) mass is 214 g/mol. The van der Waals surface area contributed by atoms with E-state index in [9.17, 15) is 9.50 Å². The predicted octanol–water partition coefficient (Wildman–Crippen LogP) is 2.10. The van der Waals surface area contributed by atoms with Crippen LogP contribution in [0.5, 0.6) is 5.75 Å². The Hall–Kier alpha value is -1.31. The first-order valence-corrected chi connectivity index (χ1v) is 4.24. The first kappa shape index (κ1) is 10.8. The van der Waals surface area contributed by atoms with Crippen molar-refractivity contribution >= 4 is 11.6 Å². The van der Waals surface area contributed by atoms with E-state index < -0.39 is 17.6 Å². The third-order valence-electron chi connectivity index (χ3n) is 1.77. The van der Waals surface area contributed by atoms with Gasteiger partial charge in [-0.05, 0) is 12.1 Å². The maximum atomic E-state index is 13.0. The number of nitrogens with two attached hydrogens (primary N) is 1. The number of benzene rings is 1. The summed E-state index contributed by atoms with van der Waals surface area (Å²) in [6, 6.07) is 3.44. The second kappa shape index (κ2) is 4.27. The molecule has 0 bridgehead atoms. The van der Waals surface area contributed by atoms with Crippen molar-refractivity contribution in [1.82, 2.24) is 0 Å². The Bertz CT molecular complexity index is 389. The van der Waals surface area contributed by atoms with E-state index in [0.29, 0.717) is 0 Å². The molecular formula is C9H8ClFN2O. The molecule has 1 atom stereocenters. The molecule has 0 amide bonds. The molecule has 1 aromatic carbocycles. The third kappa shape index (κ3) is 2.13. The largest absolute Gasteiger partial charge is 0.505 e. The first-order valence-electron chi connectivity index (χ1n) is 3.86. The van der Waals surface area contributed by atoms with E-state index in [-0.39, 0.29) is 17.0 Å². The lowest BCUT2D eigenvalue weighted by molar-refractivity contribution is 0.421. The van der Waals surface area contributed by atoms with Gasteiger partial charge in [0.2, 0.25) is 0 Å². The lowest BCUT2D eigenvalue weighted by atomic mass is 10.0. The standard InChI is InChI=1S/C9H8ClFN2O/c10-5-3-6(8(13)1-2-12)9(14)7(11)4-5/h3-4,8,14H,1,13H2. The van der Waals surface area contributed by atoms with Crippen molar-refractivity contribution in [2.24, 2.45) is 5.73 Å². The average molecular weight is 215 g/mol. The summed E-state index contributed by atoms with van der Waals surface area (Å²) in [5.74, 6) is -1.38. The molecule has 3 nitrogen and oxygen atoms in total. The zero-order valence-corrected chi connectivity index (χ0v) is 7.92. The highest BCUT2D eigenvalue weighted by molar-refractivity contribution is 6.30. The molecule has 0 saturated heterocycles. The van der Waals surface area contributed by atoms with Crippen molar-refractivity contribution in [1.29, 1.82) is 5.26 Å². The van der Waals surface area contributed by atoms with Gasteiger partial charge in [-0.25, -0.2) is 4.39 Å². The van der Waals surface area contributed by atoms with Crippen LogP contribution in [0.25, 0.3) is 0 Å². The average Bonchev–Trinajstić information content (AvgIpc) is 2.11. The second-order valence-electron chi connectivity index (χ2n) is 2.79. The molecule has 0 aromatic heterocycles. The minimum atomic E-state index is -0.833. The second-order valence-corrected chi connectivity index (χ2v) is 3.23. The molecular weight excluding hydrogens is 207 g/mol. The number of rotatable bonds is 2. The van der Waals surface area contributed by atoms with Gasteiger partial charge in [-0.2, -0.15) is 5.26 Å². The molecule has 0 fully saturated rings. The summed E-state index contributed by atoms with van der Waals surface area (Å²) < 4.78 is 13.0. The number of hydrogen-bond acceptors (Lipinski definition) is 3. The molecule has 0 saturated carbocycles. The molecule has 0 aliphatic heterocycles. The lowest BCUT2D eigenvalue weighted by Crippen LogP contribution is -2.10. The maximum Gasteiger partial charge on any atom is 0.166 e. The van der Waals surface area contributed by atoms with E-state index in [2.05, 4.69) is 0 Å². The van der Waals surface area contributed by atoms with Gasteiger partial charge in [0.25, 0.3) is 0 Å². The molecule has 5 heteroatoms. The van der Waals surface area contributed by atoms with Crippen molar-refractivity contribution in [2.45, 2.75) is 12.5 Å². The van der Waals surface area contributed by atoms with E-state index in [4.69, 9.17) is 22.6 Å².